The topological polar surface area (TPSA) is 104 Å². The molecule has 3 N–H and O–H groups in total. The summed E-state index contributed by atoms with van der Waals surface area (Å²) in [5, 5.41) is 18.3. The molecule has 0 radical (unpaired) electrons. The molecule has 1 rings (SSSR count). The van der Waals surface area contributed by atoms with E-state index < -0.39 is 27.2 Å². The Kier molecular flexibility index (Phi) is 4.09. The second-order valence-corrected chi connectivity index (χ2v) is 7.18. The van der Waals surface area contributed by atoms with Crippen LogP contribution in [0.3, 0.4) is 0 Å². The van der Waals surface area contributed by atoms with Gasteiger partial charge in [-0.15, -0.1) is 0 Å². The number of anilines is 1. The Balaban J connectivity index is 2.98. The molecule has 7 heteroatoms. The first-order valence-electron chi connectivity index (χ1n) is 5.57. The lowest BCUT2D eigenvalue weighted by Crippen LogP contribution is -2.26. The maximum absolute atomic E-state index is 11.8. The van der Waals surface area contributed by atoms with Crippen molar-refractivity contribution in [1.82, 2.24) is 0 Å². The summed E-state index contributed by atoms with van der Waals surface area (Å²) in [6, 6.07) is 3.44. The van der Waals surface area contributed by atoms with Crippen LogP contribution in [0.4, 0.5) is 5.69 Å². The molecule has 0 heterocycles. The Labute approximate surface area is 112 Å². The van der Waals surface area contributed by atoms with Gasteiger partial charge in [-0.1, -0.05) is 20.8 Å². The van der Waals surface area contributed by atoms with Gasteiger partial charge < -0.3 is 10.2 Å². The number of hydrogen-bond donors (Lipinski definition) is 3. The van der Waals surface area contributed by atoms with Crippen LogP contribution in [-0.4, -0.2) is 30.4 Å². The van der Waals surface area contributed by atoms with Gasteiger partial charge in [0.05, 0.1) is 17.0 Å². The highest BCUT2D eigenvalue weighted by atomic mass is 32.2. The standard InChI is InChI=1S/C12H17NO5S/c1-12(2,3)7-19(17,18)13-9-5-4-8(11(15)16)6-10(9)14/h4-6,13-14H,7H2,1-3H3,(H,15,16). The second-order valence-electron chi connectivity index (χ2n) is 5.46. The fraction of sp³-hybridized carbons (Fsp3) is 0.417. The van der Waals surface area contributed by atoms with Crippen molar-refractivity contribution >= 4 is 21.7 Å². The number of carboxylic acids is 1. The quantitative estimate of drug-likeness (QED) is 0.733. The third-order valence-electron chi connectivity index (χ3n) is 2.13. The zero-order chi connectivity index (χ0) is 14.8. The molecule has 0 saturated carbocycles. The molecule has 0 aliphatic heterocycles. The van der Waals surface area contributed by atoms with Gasteiger partial charge in [0.1, 0.15) is 5.75 Å². The van der Waals surface area contributed by atoms with Gasteiger partial charge in [0, 0.05) is 0 Å². The number of aromatic hydroxyl groups is 1. The first-order chi connectivity index (χ1) is 8.50. The molecule has 0 fully saturated rings. The monoisotopic (exact) mass is 287 g/mol. The van der Waals surface area contributed by atoms with Crippen LogP contribution in [0.1, 0.15) is 31.1 Å². The van der Waals surface area contributed by atoms with Gasteiger partial charge in [-0.2, -0.15) is 0 Å². The Bertz CT molecular complexity index is 587. The molecule has 1 aromatic carbocycles. The van der Waals surface area contributed by atoms with Crippen molar-refractivity contribution in [2.24, 2.45) is 5.41 Å². The Hall–Kier alpha value is -1.76. The average Bonchev–Trinajstić information content (AvgIpc) is 2.16. The number of carbonyl (C=O) groups is 1. The molecule has 0 aliphatic rings. The number of hydrogen-bond acceptors (Lipinski definition) is 4. The minimum Gasteiger partial charge on any atom is -0.506 e. The van der Waals surface area contributed by atoms with E-state index in [0.717, 1.165) is 6.07 Å². The van der Waals surface area contributed by atoms with E-state index in [2.05, 4.69) is 4.72 Å². The molecular weight excluding hydrogens is 270 g/mol. The van der Waals surface area contributed by atoms with Crippen LogP contribution in [0.2, 0.25) is 0 Å². The Morgan fingerprint density at radius 3 is 2.32 bits per heavy atom. The number of rotatable bonds is 4. The molecule has 0 aliphatic carbocycles. The number of benzene rings is 1. The van der Waals surface area contributed by atoms with E-state index in [1.165, 1.54) is 12.1 Å². The van der Waals surface area contributed by atoms with Gasteiger partial charge in [0.15, 0.2) is 0 Å². The molecule has 0 atom stereocenters. The first-order valence-corrected chi connectivity index (χ1v) is 7.22. The maximum atomic E-state index is 11.8. The molecule has 106 valence electrons. The zero-order valence-corrected chi connectivity index (χ0v) is 11.8. The van der Waals surface area contributed by atoms with Crippen molar-refractivity contribution in [3.05, 3.63) is 23.8 Å². The summed E-state index contributed by atoms with van der Waals surface area (Å²) in [5.74, 6) is -1.73. The van der Waals surface area contributed by atoms with Crippen LogP contribution >= 0.6 is 0 Å². The van der Waals surface area contributed by atoms with E-state index in [1.807, 2.05) is 0 Å². The molecule has 1 aromatic rings. The fourth-order valence-electron chi connectivity index (χ4n) is 1.52. The molecule has 0 amide bonds. The number of phenolic OH excluding ortho intramolecular Hbond substituents is 1. The second kappa shape index (κ2) is 5.08. The van der Waals surface area contributed by atoms with Gasteiger partial charge in [-0.3, -0.25) is 4.72 Å². The highest BCUT2D eigenvalue weighted by molar-refractivity contribution is 7.92. The van der Waals surface area contributed by atoms with Crippen LogP contribution in [0.15, 0.2) is 18.2 Å². The maximum Gasteiger partial charge on any atom is 0.335 e. The number of phenols is 1. The van der Waals surface area contributed by atoms with Crippen LogP contribution in [-0.2, 0) is 10.0 Å². The van der Waals surface area contributed by atoms with E-state index in [0.29, 0.717) is 0 Å². The van der Waals surface area contributed by atoms with Gasteiger partial charge in [0.25, 0.3) is 0 Å². The van der Waals surface area contributed by atoms with Gasteiger partial charge in [-0.25, -0.2) is 13.2 Å². The third-order valence-corrected chi connectivity index (χ3v) is 3.91. The van der Waals surface area contributed by atoms with Crippen molar-refractivity contribution in [2.45, 2.75) is 20.8 Å². The van der Waals surface area contributed by atoms with Crippen molar-refractivity contribution in [2.75, 3.05) is 10.5 Å². The Morgan fingerprint density at radius 1 is 1.32 bits per heavy atom. The predicted octanol–water partition coefficient (Wildman–Crippen LogP) is 1.88. The normalized spacial score (nSPS) is 12.2. The minimum atomic E-state index is -3.61. The highest BCUT2D eigenvalue weighted by Crippen LogP contribution is 2.26. The molecule has 0 bridgehead atoms. The lowest BCUT2D eigenvalue weighted by molar-refractivity contribution is 0.0696. The Morgan fingerprint density at radius 2 is 1.89 bits per heavy atom. The third kappa shape index (κ3) is 4.78. The highest BCUT2D eigenvalue weighted by Gasteiger charge is 2.22. The number of sulfonamides is 1. The zero-order valence-electron chi connectivity index (χ0n) is 11.0. The summed E-state index contributed by atoms with van der Waals surface area (Å²) in [4.78, 5) is 10.7. The molecule has 0 spiro atoms. The van der Waals surface area contributed by atoms with E-state index >= 15 is 0 Å². The van der Waals surface area contributed by atoms with Crippen molar-refractivity contribution in [3.63, 3.8) is 0 Å². The van der Waals surface area contributed by atoms with Gasteiger partial charge >= 0.3 is 5.97 Å². The van der Waals surface area contributed by atoms with Crippen LogP contribution in [0.25, 0.3) is 0 Å². The molecule has 0 saturated heterocycles. The van der Waals surface area contributed by atoms with Crippen LogP contribution in [0.5, 0.6) is 5.75 Å². The summed E-state index contributed by atoms with van der Waals surface area (Å²) < 4.78 is 25.9. The molecule has 0 aromatic heterocycles. The van der Waals surface area contributed by atoms with Crippen LogP contribution in [0, 0.1) is 5.41 Å². The number of aromatic carboxylic acids is 1. The molecular formula is C12H17NO5S. The van der Waals surface area contributed by atoms with E-state index in [9.17, 15) is 18.3 Å². The first kappa shape index (κ1) is 15.3. The molecule has 0 unspecified atom stereocenters. The van der Waals surface area contributed by atoms with Gasteiger partial charge in [-0.05, 0) is 23.6 Å². The average molecular weight is 287 g/mol. The van der Waals surface area contributed by atoms with E-state index in [-0.39, 0.29) is 17.0 Å². The SMILES string of the molecule is CC(C)(C)CS(=O)(=O)Nc1ccc(C(=O)O)cc1O. The summed E-state index contributed by atoms with van der Waals surface area (Å²) in [5.41, 5.74) is -0.576. The lowest BCUT2D eigenvalue weighted by Gasteiger charge is -2.19. The smallest absolute Gasteiger partial charge is 0.335 e. The summed E-state index contributed by atoms with van der Waals surface area (Å²) in [6.07, 6.45) is 0. The summed E-state index contributed by atoms with van der Waals surface area (Å²) in [6.45, 7) is 5.33. The van der Waals surface area contributed by atoms with Crippen LogP contribution < -0.4 is 4.72 Å². The van der Waals surface area contributed by atoms with Crippen molar-refractivity contribution in [3.8, 4) is 5.75 Å². The largest absolute Gasteiger partial charge is 0.506 e. The molecule has 6 nitrogen and oxygen atoms in total. The van der Waals surface area contributed by atoms with Crippen molar-refractivity contribution in [1.29, 1.82) is 0 Å². The lowest BCUT2D eigenvalue weighted by atomic mass is 10.0. The van der Waals surface area contributed by atoms with Gasteiger partial charge in [0.2, 0.25) is 10.0 Å². The van der Waals surface area contributed by atoms with Crippen molar-refractivity contribution < 1.29 is 23.4 Å². The number of carboxylic acid groups (broad SMARTS) is 1. The fourth-order valence-corrected chi connectivity index (χ4v) is 3.24. The minimum absolute atomic E-state index is 0.0331. The predicted molar refractivity (Wildman–Crippen MR) is 71.9 cm³/mol. The summed E-state index contributed by atoms with van der Waals surface area (Å²) in [7, 11) is -3.61. The van der Waals surface area contributed by atoms with E-state index in [1.54, 1.807) is 20.8 Å². The number of nitrogens with one attached hydrogen (secondary N) is 1. The summed E-state index contributed by atoms with van der Waals surface area (Å²) >= 11 is 0. The van der Waals surface area contributed by atoms with E-state index in [4.69, 9.17) is 5.11 Å². The molecule has 19 heavy (non-hydrogen) atoms.